The molecule has 2 N–H and O–H groups in total. The van der Waals surface area contributed by atoms with Crippen LogP contribution in [0.4, 0.5) is 0 Å². The van der Waals surface area contributed by atoms with Crippen LogP contribution in [0.1, 0.15) is 20.3 Å². The van der Waals surface area contributed by atoms with Crippen LogP contribution in [0.15, 0.2) is 0 Å². The first-order valence-electron chi connectivity index (χ1n) is 4.44. The van der Waals surface area contributed by atoms with E-state index < -0.39 is 10.0 Å². The summed E-state index contributed by atoms with van der Waals surface area (Å²) >= 11 is 0. The molecule has 1 atom stereocenters. The van der Waals surface area contributed by atoms with E-state index in [4.69, 9.17) is 5.73 Å². The van der Waals surface area contributed by atoms with Crippen LogP contribution in [-0.4, -0.2) is 38.1 Å². The fourth-order valence-electron chi connectivity index (χ4n) is 1.61. The second-order valence-corrected chi connectivity index (χ2v) is 6.46. The zero-order chi connectivity index (χ0) is 10.3. The van der Waals surface area contributed by atoms with Crippen molar-refractivity contribution in [2.45, 2.75) is 26.3 Å². The van der Waals surface area contributed by atoms with E-state index in [1.54, 1.807) is 0 Å². The minimum atomic E-state index is -3.04. The zero-order valence-corrected chi connectivity index (χ0v) is 9.26. The summed E-state index contributed by atoms with van der Waals surface area (Å²) in [5.41, 5.74) is 5.79. The fraction of sp³-hybridized carbons (Fsp3) is 1.00. The third kappa shape index (κ3) is 2.42. The standard InChI is InChI=1S/C8H18N2O2S/c1-8(2)6-10(13(3,11)12)5-4-7(8)9/h7H,4-6,9H2,1-3H3. The van der Waals surface area contributed by atoms with Gasteiger partial charge in [0.25, 0.3) is 0 Å². The lowest BCUT2D eigenvalue weighted by atomic mass is 9.81. The SMILES string of the molecule is CC1(C)CN(S(C)(=O)=O)CCC1N. The Morgan fingerprint density at radius 2 is 2.00 bits per heavy atom. The smallest absolute Gasteiger partial charge is 0.211 e. The Morgan fingerprint density at radius 1 is 1.46 bits per heavy atom. The van der Waals surface area contributed by atoms with Crippen LogP contribution in [-0.2, 0) is 10.0 Å². The number of piperidine rings is 1. The summed E-state index contributed by atoms with van der Waals surface area (Å²) in [6.45, 7) is 5.11. The summed E-state index contributed by atoms with van der Waals surface area (Å²) in [5.74, 6) is 0. The minimum Gasteiger partial charge on any atom is -0.327 e. The lowest BCUT2D eigenvalue weighted by molar-refractivity contribution is 0.156. The quantitative estimate of drug-likeness (QED) is 0.657. The van der Waals surface area contributed by atoms with Gasteiger partial charge in [-0.2, -0.15) is 0 Å². The van der Waals surface area contributed by atoms with Crippen molar-refractivity contribution in [2.24, 2.45) is 11.1 Å². The van der Waals surface area contributed by atoms with E-state index >= 15 is 0 Å². The van der Waals surface area contributed by atoms with Gasteiger partial charge in [0.15, 0.2) is 0 Å². The van der Waals surface area contributed by atoms with Crippen LogP contribution in [0.2, 0.25) is 0 Å². The fourth-order valence-corrected chi connectivity index (χ4v) is 2.61. The molecule has 1 saturated heterocycles. The monoisotopic (exact) mass is 206 g/mol. The van der Waals surface area contributed by atoms with E-state index in [9.17, 15) is 8.42 Å². The van der Waals surface area contributed by atoms with Crippen molar-refractivity contribution < 1.29 is 8.42 Å². The van der Waals surface area contributed by atoms with E-state index in [0.717, 1.165) is 6.42 Å². The van der Waals surface area contributed by atoms with E-state index in [-0.39, 0.29) is 11.5 Å². The molecular formula is C8H18N2O2S. The normalized spacial score (nSPS) is 30.3. The minimum absolute atomic E-state index is 0.102. The predicted molar refractivity (Wildman–Crippen MR) is 52.8 cm³/mol. The first-order valence-corrected chi connectivity index (χ1v) is 6.29. The number of sulfonamides is 1. The first kappa shape index (κ1) is 10.9. The van der Waals surface area contributed by atoms with Gasteiger partial charge in [-0.05, 0) is 11.8 Å². The predicted octanol–water partition coefficient (Wildman–Crippen LogP) is 0.00520. The number of nitrogens with zero attached hydrogens (tertiary/aromatic N) is 1. The topological polar surface area (TPSA) is 63.4 Å². The highest BCUT2D eigenvalue weighted by Crippen LogP contribution is 2.28. The van der Waals surface area contributed by atoms with E-state index in [1.165, 1.54) is 10.6 Å². The van der Waals surface area contributed by atoms with E-state index in [0.29, 0.717) is 13.1 Å². The van der Waals surface area contributed by atoms with Crippen LogP contribution in [0, 0.1) is 5.41 Å². The molecule has 0 spiro atoms. The summed E-state index contributed by atoms with van der Waals surface area (Å²) in [7, 11) is -3.04. The average Bonchev–Trinajstić information content (AvgIpc) is 1.92. The van der Waals surface area contributed by atoms with Gasteiger partial charge >= 0.3 is 0 Å². The highest BCUT2D eigenvalue weighted by molar-refractivity contribution is 7.88. The third-order valence-electron chi connectivity index (χ3n) is 2.75. The molecule has 1 rings (SSSR count). The van der Waals surface area contributed by atoms with Crippen LogP contribution in [0.25, 0.3) is 0 Å². The number of hydrogen-bond donors (Lipinski definition) is 1. The van der Waals surface area contributed by atoms with Gasteiger partial charge in [0.1, 0.15) is 0 Å². The maximum atomic E-state index is 11.3. The summed E-state index contributed by atoms with van der Waals surface area (Å²) < 4.78 is 24.0. The summed E-state index contributed by atoms with van der Waals surface area (Å²) in [4.78, 5) is 0. The van der Waals surface area contributed by atoms with Gasteiger partial charge in [-0.1, -0.05) is 13.8 Å². The Hall–Kier alpha value is -0.130. The maximum absolute atomic E-state index is 11.3. The average molecular weight is 206 g/mol. The molecule has 0 aromatic carbocycles. The van der Waals surface area contributed by atoms with Crippen molar-refractivity contribution in [3.8, 4) is 0 Å². The third-order valence-corrected chi connectivity index (χ3v) is 4.00. The molecule has 1 aliphatic rings. The van der Waals surface area contributed by atoms with Gasteiger partial charge in [0.05, 0.1) is 6.26 Å². The van der Waals surface area contributed by atoms with Gasteiger partial charge in [-0.3, -0.25) is 0 Å². The van der Waals surface area contributed by atoms with Gasteiger partial charge in [-0.15, -0.1) is 0 Å². The first-order chi connectivity index (χ1) is 5.73. The maximum Gasteiger partial charge on any atom is 0.211 e. The molecule has 0 radical (unpaired) electrons. The Morgan fingerprint density at radius 3 is 2.38 bits per heavy atom. The Labute approximate surface area is 80.1 Å². The van der Waals surface area contributed by atoms with Crippen molar-refractivity contribution in [1.29, 1.82) is 0 Å². The molecule has 1 unspecified atom stereocenters. The Kier molecular flexibility index (Phi) is 2.71. The highest BCUT2D eigenvalue weighted by atomic mass is 32.2. The molecule has 13 heavy (non-hydrogen) atoms. The van der Waals surface area contributed by atoms with Crippen molar-refractivity contribution in [3.05, 3.63) is 0 Å². The largest absolute Gasteiger partial charge is 0.327 e. The Bertz CT molecular complexity index is 285. The van der Waals surface area contributed by atoms with Crippen molar-refractivity contribution in [2.75, 3.05) is 19.3 Å². The van der Waals surface area contributed by atoms with Crippen LogP contribution in [0.5, 0.6) is 0 Å². The molecule has 1 fully saturated rings. The van der Waals surface area contributed by atoms with Crippen molar-refractivity contribution in [1.82, 2.24) is 4.31 Å². The molecule has 0 amide bonds. The molecule has 4 nitrogen and oxygen atoms in total. The van der Waals surface area contributed by atoms with Crippen LogP contribution < -0.4 is 5.73 Å². The second kappa shape index (κ2) is 3.22. The molecular weight excluding hydrogens is 188 g/mol. The van der Waals surface area contributed by atoms with Gasteiger partial charge < -0.3 is 5.73 Å². The molecule has 78 valence electrons. The van der Waals surface area contributed by atoms with Gasteiger partial charge in [0, 0.05) is 19.1 Å². The molecule has 0 aromatic heterocycles. The van der Waals surface area contributed by atoms with E-state index in [2.05, 4.69) is 0 Å². The van der Waals surface area contributed by atoms with Crippen molar-refractivity contribution in [3.63, 3.8) is 0 Å². The zero-order valence-electron chi connectivity index (χ0n) is 8.45. The lowest BCUT2D eigenvalue weighted by Gasteiger charge is -2.41. The number of hydrogen-bond acceptors (Lipinski definition) is 3. The van der Waals surface area contributed by atoms with Crippen molar-refractivity contribution >= 4 is 10.0 Å². The number of nitrogens with two attached hydrogens (primary N) is 1. The highest BCUT2D eigenvalue weighted by Gasteiger charge is 2.36. The Balaban J connectivity index is 2.78. The molecule has 0 aliphatic carbocycles. The molecule has 0 bridgehead atoms. The summed E-state index contributed by atoms with van der Waals surface area (Å²) in [5, 5.41) is 0. The summed E-state index contributed by atoms with van der Waals surface area (Å²) in [6.07, 6.45) is 2.00. The molecule has 5 heteroatoms. The van der Waals surface area contributed by atoms with Gasteiger partial charge in [0.2, 0.25) is 10.0 Å². The molecule has 1 heterocycles. The molecule has 1 aliphatic heterocycles. The van der Waals surface area contributed by atoms with Crippen LogP contribution in [0.3, 0.4) is 0 Å². The lowest BCUT2D eigenvalue weighted by Crippen LogP contribution is -2.53. The summed E-state index contributed by atoms with van der Waals surface area (Å²) in [6, 6.07) is 0.102. The number of rotatable bonds is 1. The second-order valence-electron chi connectivity index (χ2n) is 4.48. The molecule has 0 aromatic rings. The molecule has 0 saturated carbocycles. The van der Waals surface area contributed by atoms with E-state index in [1.807, 2.05) is 13.8 Å². The van der Waals surface area contributed by atoms with Gasteiger partial charge in [-0.25, -0.2) is 12.7 Å². The van der Waals surface area contributed by atoms with Crippen LogP contribution >= 0.6 is 0 Å².